The number of aromatic hydroxyl groups is 1. The summed E-state index contributed by atoms with van der Waals surface area (Å²) in [4.78, 5) is 26.0. The lowest BCUT2D eigenvalue weighted by molar-refractivity contribution is 0.247. The van der Waals surface area contributed by atoms with Crippen LogP contribution in [-0.2, 0) is 5.54 Å². The summed E-state index contributed by atoms with van der Waals surface area (Å²) in [5, 5.41) is 10.3. The average molecular weight is 252 g/mol. The van der Waals surface area contributed by atoms with Gasteiger partial charge in [0.25, 0.3) is 5.56 Å². The van der Waals surface area contributed by atoms with Gasteiger partial charge in [0.15, 0.2) is 0 Å². The third-order valence-electron chi connectivity index (χ3n) is 3.85. The Hall–Kier alpha value is -1.52. The number of H-pyrrole nitrogens is 1. The van der Waals surface area contributed by atoms with E-state index < -0.39 is 16.8 Å². The van der Waals surface area contributed by atoms with Crippen LogP contribution in [0, 0.1) is 5.92 Å². The van der Waals surface area contributed by atoms with E-state index >= 15 is 0 Å². The van der Waals surface area contributed by atoms with Gasteiger partial charge in [-0.3, -0.25) is 14.3 Å². The number of nitrogens with one attached hydrogen (secondary N) is 1. The maximum Gasteiger partial charge on any atom is 0.331 e. The second-order valence-corrected chi connectivity index (χ2v) is 5.91. The minimum absolute atomic E-state index is 0.129. The summed E-state index contributed by atoms with van der Waals surface area (Å²) in [6.45, 7) is 7.49. The van der Waals surface area contributed by atoms with Gasteiger partial charge in [0.2, 0.25) is 5.88 Å². The molecule has 5 heteroatoms. The van der Waals surface area contributed by atoms with Crippen LogP contribution in [0.4, 0.5) is 0 Å². The van der Waals surface area contributed by atoms with E-state index in [1.807, 2.05) is 27.7 Å². The fourth-order valence-electron chi connectivity index (χ4n) is 2.57. The topological polar surface area (TPSA) is 75.1 Å². The summed E-state index contributed by atoms with van der Waals surface area (Å²) < 4.78 is 1.33. The molecule has 18 heavy (non-hydrogen) atoms. The molecule has 2 N–H and O–H groups in total. The van der Waals surface area contributed by atoms with E-state index in [0.29, 0.717) is 5.92 Å². The van der Waals surface area contributed by atoms with Gasteiger partial charge < -0.3 is 5.11 Å². The zero-order chi connectivity index (χ0) is 13.7. The molecule has 0 radical (unpaired) electrons. The van der Waals surface area contributed by atoms with Crippen LogP contribution in [0.3, 0.4) is 0 Å². The van der Waals surface area contributed by atoms with E-state index in [4.69, 9.17) is 0 Å². The molecule has 0 bridgehead atoms. The lowest BCUT2D eigenvalue weighted by Crippen LogP contribution is -2.43. The highest BCUT2D eigenvalue weighted by atomic mass is 16.3. The van der Waals surface area contributed by atoms with E-state index in [9.17, 15) is 14.7 Å². The van der Waals surface area contributed by atoms with Crippen molar-refractivity contribution < 1.29 is 5.11 Å². The number of nitrogens with zero attached hydrogens (tertiary/aromatic N) is 1. The molecule has 5 nitrogen and oxygen atoms in total. The molecule has 2 rings (SSSR count). The van der Waals surface area contributed by atoms with E-state index in [2.05, 4.69) is 4.98 Å². The van der Waals surface area contributed by atoms with Gasteiger partial charge in [0.1, 0.15) is 0 Å². The summed E-state index contributed by atoms with van der Waals surface area (Å²) in [5.41, 5.74) is -1.20. The molecule has 0 atom stereocenters. The van der Waals surface area contributed by atoms with Crippen molar-refractivity contribution in [2.45, 2.75) is 52.0 Å². The molecule has 1 saturated carbocycles. The zero-order valence-electron chi connectivity index (χ0n) is 11.3. The third kappa shape index (κ3) is 1.87. The van der Waals surface area contributed by atoms with Crippen molar-refractivity contribution in [2.24, 2.45) is 5.92 Å². The largest absolute Gasteiger partial charge is 0.494 e. The van der Waals surface area contributed by atoms with Gasteiger partial charge in [-0.05, 0) is 38.5 Å². The maximum absolute atomic E-state index is 12.0. The predicted octanol–water partition coefficient (Wildman–Crippen LogP) is 1.51. The van der Waals surface area contributed by atoms with Crippen molar-refractivity contribution in [3.63, 3.8) is 0 Å². The first-order valence-electron chi connectivity index (χ1n) is 6.35. The smallest absolute Gasteiger partial charge is 0.331 e. The van der Waals surface area contributed by atoms with Crippen molar-refractivity contribution in [1.29, 1.82) is 0 Å². The Kier molecular flexibility index (Phi) is 2.87. The Balaban J connectivity index is 2.71. The predicted molar refractivity (Wildman–Crippen MR) is 69.1 cm³/mol. The molecule has 1 aromatic rings. The number of hydrogen-bond acceptors (Lipinski definition) is 3. The van der Waals surface area contributed by atoms with E-state index in [1.165, 1.54) is 4.57 Å². The lowest BCUT2D eigenvalue weighted by Gasteiger charge is -2.29. The van der Waals surface area contributed by atoms with Crippen molar-refractivity contribution in [1.82, 2.24) is 9.55 Å². The molecule has 0 aromatic carbocycles. The quantitative estimate of drug-likeness (QED) is 0.856. The summed E-state index contributed by atoms with van der Waals surface area (Å²) in [6.07, 6.45) is 2.10. The Morgan fingerprint density at radius 2 is 1.89 bits per heavy atom. The Labute approximate surface area is 105 Å². The molecule has 1 aromatic heterocycles. The van der Waals surface area contributed by atoms with Gasteiger partial charge >= 0.3 is 5.69 Å². The van der Waals surface area contributed by atoms with Gasteiger partial charge in [-0.1, -0.05) is 13.8 Å². The van der Waals surface area contributed by atoms with Crippen molar-refractivity contribution in [2.75, 3.05) is 0 Å². The minimum Gasteiger partial charge on any atom is -0.494 e. The van der Waals surface area contributed by atoms with Crippen LogP contribution in [0.1, 0.15) is 52.0 Å². The first kappa shape index (κ1) is 12.9. The number of rotatable bonds is 3. The minimum atomic E-state index is -0.529. The maximum atomic E-state index is 12.0. The first-order chi connectivity index (χ1) is 8.26. The monoisotopic (exact) mass is 252 g/mol. The summed E-state index contributed by atoms with van der Waals surface area (Å²) in [5.74, 6) is 0.0678. The molecule has 0 aliphatic heterocycles. The fourth-order valence-corrected chi connectivity index (χ4v) is 2.57. The van der Waals surface area contributed by atoms with Crippen LogP contribution in [0.25, 0.3) is 0 Å². The lowest BCUT2D eigenvalue weighted by atomic mass is 9.97. The third-order valence-corrected chi connectivity index (χ3v) is 3.85. The number of aromatic amines is 1. The molecule has 0 spiro atoms. The number of hydrogen-bond donors (Lipinski definition) is 2. The van der Waals surface area contributed by atoms with Crippen molar-refractivity contribution >= 4 is 0 Å². The molecule has 1 fully saturated rings. The highest BCUT2D eigenvalue weighted by molar-refractivity contribution is 5.27. The van der Waals surface area contributed by atoms with Crippen LogP contribution < -0.4 is 11.2 Å². The standard InChI is InChI=1S/C13H20N2O3/c1-7(2)9-10(16)14-12(18)15(11(9)17)13(3,4)8-5-6-8/h7-8,17H,5-6H2,1-4H3,(H,14,16,18). The second kappa shape index (κ2) is 4.00. The van der Waals surface area contributed by atoms with E-state index in [1.54, 1.807) is 0 Å². The average Bonchev–Trinajstić information content (AvgIpc) is 2.96. The van der Waals surface area contributed by atoms with Crippen molar-refractivity contribution in [3.05, 3.63) is 26.4 Å². The summed E-state index contributed by atoms with van der Waals surface area (Å²) in [7, 11) is 0. The van der Waals surface area contributed by atoms with Gasteiger partial charge in [-0.2, -0.15) is 0 Å². The van der Waals surface area contributed by atoms with Gasteiger partial charge in [0, 0.05) is 5.54 Å². The highest BCUT2D eigenvalue weighted by Crippen LogP contribution is 2.44. The first-order valence-corrected chi connectivity index (χ1v) is 6.35. The molecule has 0 saturated heterocycles. The zero-order valence-corrected chi connectivity index (χ0v) is 11.3. The summed E-state index contributed by atoms with van der Waals surface area (Å²) in [6, 6.07) is 0. The van der Waals surface area contributed by atoms with Crippen LogP contribution in [-0.4, -0.2) is 14.7 Å². The van der Waals surface area contributed by atoms with Gasteiger partial charge in [0.05, 0.1) is 5.56 Å². The molecular weight excluding hydrogens is 232 g/mol. The molecule has 1 aliphatic carbocycles. The van der Waals surface area contributed by atoms with Crippen LogP contribution >= 0.6 is 0 Å². The summed E-state index contributed by atoms with van der Waals surface area (Å²) >= 11 is 0. The van der Waals surface area contributed by atoms with Crippen molar-refractivity contribution in [3.8, 4) is 5.88 Å². The van der Waals surface area contributed by atoms with Gasteiger partial charge in [-0.15, -0.1) is 0 Å². The second-order valence-electron chi connectivity index (χ2n) is 5.91. The molecule has 0 unspecified atom stereocenters. The molecule has 0 amide bonds. The molecule has 100 valence electrons. The fraction of sp³-hybridized carbons (Fsp3) is 0.692. The Bertz CT molecular complexity index is 577. The van der Waals surface area contributed by atoms with Crippen LogP contribution in [0.15, 0.2) is 9.59 Å². The Morgan fingerprint density at radius 3 is 2.33 bits per heavy atom. The van der Waals surface area contributed by atoms with Crippen LogP contribution in [0.2, 0.25) is 0 Å². The molecule has 1 heterocycles. The molecular formula is C13H20N2O3. The normalized spacial score (nSPS) is 16.3. The van der Waals surface area contributed by atoms with Gasteiger partial charge in [-0.25, -0.2) is 4.79 Å². The SMILES string of the molecule is CC(C)c1c(O)n(C(C)(C)C2CC2)c(=O)[nH]c1=O. The number of aromatic nitrogens is 2. The molecule has 1 aliphatic rings. The Morgan fingerprint density at radius 1 is 1.33 bits per heavy atom. The van der Waals surface area contributed by atoms with Crippen LogP contribution in [0.5, 0.6) is 5.88 Å². The highest BCUT2D eigenvalue weighted by Gasteiger charge is 2.41. The van der Waals surface area contributed by atoms with E-state index in [-0.39, 0.29) is 17.4 Å². The van der Waals surface area contributed by atoms with E-state index in [0.717, 1.165) is 12.8 Å².